The van der Waals surface area contributed by atoms with Gasteiger partial charge < -0.3 is 0 Å². The number of alkyl halides is 1. The molecule has 0 saturated heterocycles. The van der Waals surface area contributed by atoms with Crippen molar-refractivity contribution in [3.05, 3.63) is 51.9 Å². The first-order valence-electron chi connectivity index (χ1n) is 5.84. The van der Waals surface area contributed by atoms with Crippen LogP contribution in [0.1, 0.15) is 18.2 Å². The summed E-state index contributed by atoms with van der Waals surface area (Å²) in [4.78, 5) is 2.58. The molecule has 18 heavy (non-hydrogen) atoms. The summed E-state index contributed by atoms with van der Waals surface area (Å²) in [5.74, 6) is 0. The van der Waals surface area contributed by atoms with Crippen molar-refractivity contribution in [3.8, 4) is 10.4 Å². The predicted octanol–water partition coefficient (Wildman–Crippen LogP) is 6.26. The molecule has 1 aromatic carbocycles. The molecule has 0 aliphatic rings. The van der Waals surface area contributed by atoms with Crippen LogP contribution in [-0.4, -0.2) is 5.33 Å². The van der Waals surface area contributed by atoms with Gasteiger partial charge in [-0.1, -0.05) is 52.2 Å². The molecule has 0 atom stereocenters. The number of halogens is 2. The second-order valence-corrected chi connectivity index (χ2v) is 6.11. The quantitative estimate of drug-likeness (QED) is 0.576. The molecule has 3 heteroatoms. The van der Waals surface area contributed by atoms with Crippen LogP contribution in [0, 0.1) is 0 Å². The highest BCUT2D eigenvalue weighted by Crippen LogP contribution is 2.30. The van der Waals surface area contributed by atoms with Gasteiger partial charge in [0.2, 0.25) is 0 Å². The number of thiophene rings is 1. The van der Waals surface area contributed by atoms with Crippen molar-refractivity contribution >= 4 is 44.9 Å². The normalized spacial score (nSPS) is 11.8. The van der Waals surface area contributed by atoms with Crippen molar-refractivity contribution in [3.63, 3.8) is 0 Å². The summed E-state index contributed by atoms with van der Waals surface area (Å²) in [7, 11) is 0. The van der Waals surface area contributed by atoms with Gasteiger partial charge in [-0.15, -0.1) is 11.3 Å². The molecule has 0 aliphatic heterocycles. The zero-order valence-electron chi connectivity index (χ0n) is 10.1. The van der Waals surface area contributed by atoms with Crippen molar-refractivity contribution in [2.45, 2.75) is 13.3 Å². The molecule has 1 aromatic heterocycles. The number of rotatable bonds is 4. The lowest BCUT2D eigenvalue weighted by Gasteiger charge is -1.98. The van der Waals surface area contributed by atoms with Gasteiger partial charge in [-0.25, -0.2) is 0 Å². The molecule has 2 aromatic rings. The van der Waals surface area contributed by atoms with Crippen LogP contribution < -0.4 is 0 Å². The first-order valence-corrected chi connectivity index (χ1v) is 8.15. The van der Waals surface area contributed by atoms with Crippen molar-refractivity contribution < 1.29 is 0 Å². The maximum atomic E-state index is 5.90. The standard InChI is InChI=1S/C15H14BrClS/c1-2-11(10-16)9-14-7-8-15(18-14)12-3-5-13(17)6-4-12/h3-9H,2,10H2,1H3. The molecule has 0 N–H and O–H groups in total. The fraction of sp³-hybridized carbons (Fsp3) is 0.200. The Kier molecular flexibility index (Phi) is 5.04. The molecular weight excluding hydrogens is 328 g/mol. The van der Waals surface area contributed by atoms with Crippen LogP contribution in [0.15, 0.2) is 42.0 Å². The van der Waals surface area contributed by atoms with Crippen LogP contribution in [0.3, 0.4) is 0 Å². The Balaban J connectivity index is 2.25. The lowest BCUT2D eigenvalue weighted by molar-refractivity contribution is 1.13. The van der Waals surface area contributed by atoms with Gasteiger partial charge in [0.05, 0.1) is 0 Å². The average Bonchev–Trinajstić information content (AvgIpc) is 2.85. The Morgan fingerprint density at radius 1 is 1.22 bits per heavy atom. The summed E-state index contributed by atoms with van der Waals surface area (Å²) < 4.78 is 0. The molecule has 0 bridgehead atoms. The highest BCUT2D eigenvalue weighted by Gasteiger charge is 2.02. The summed E-state index contributed by atoms with van der Waals surface area (Å²) >= 11 is 11.2. The summed E-state index contributed by atoms with van der Waals surface area (Å²) in [5.41, 5.74) is 2.64. The Morgan fingerprint density at radius 3 is 2.56 bits per heavy atom. The average molecular weight is 342 g/mol. The largest absolute Gasteiger partial charge is 0.136 e. The van der Waals surface area contributed by atoms with E-state index < -0.39 is 0 Å². The Labute approximate surface area is 125 Å². The monoisotopic (exact) mass is 340 g/mol. The van der Waals surface area contributed by atoms with E-state index in [9.17, 15) is 0 Å². The molecule has 0 saturated carbocycles. The third-order valence-electron chi connectivity index (χ3n) is 2.73. The molecule has 0 unspecified atom stereocenters. The Hall–Kier alpha value is -0.570. The van der Waals surface area contributed by atoms with E-state index in [4.69, 9.17) is 11.6 Å². The van der Waals surface area contributed by atoms with Crippen LogP contribution >= 0.6 is 38.9 Å². The molecule has 0 fully saturated rings. The minimum atomic E-state index is 0.781. The number of hydrogen-bond donors (Lipinski definition) is 0. The van der Waals surface area contributed by atoms with Crippen LogP contribution in [0.2, 0.25) is 5.02 Å². The Morgan fingerprint density at radius 2 is 1.94 bits per heavy atom. The minimum absolute atomic E-state index is 0.781. The van der Waals surface area contributed by atoms with Gasteiger partial charge >= 0.3 is 0 Å². The highest BCUT2D eigenvalue weighted by atomic mass is 79.9. The molecule has 1 heterocycles. The second kappa shape index (κ2) is 6.55. The lowest BCUT2D eigenvalue weighted by atomic mass is 10.2. The van der Waals surface area contributed by atoms with Gasteiger partial charge in [-0.05, 0) is 42.3 Å². The first kappa shape index (κ1) is 13.9. The maximum Gasteiger partial charge on any atom is 0.0406 e. The zero-order valence-corrected chi connectivity index (χ0v) is 13.3. The fourth-order valence-corrected chi connectivity index (χ4v) is 3.33. The molecule has 2 rings (SSSR count). The van der Waals surface area contributed by atoms with E-state index in [-0.39, 0.29) is 0 Å². The fourth-order valence-electron chi connectivity index (χ4n) is 1.64. The molecule has 0 amide bonds. The first-order chi connectivity index (χ1) is 8.72. The van der Waals surface area contributed by atoms with E-state index in [1.165, 1.54) is 20.9 Å². The molecule has 0 radical (unpaired) electrons. The van der Waals surface area contributed by atoms with Gasteiger partial charge in [0.1, 0.15) is 0 Å². The number of benzene rings is 1. The number of allylic oxidation sites excluding steroid dienone is 1. The predicted molar refractivity (Wildman–Crippen MR) is 86.8 cm³/mol. The van der Waals surface area contributed by atoms with Crippen molar-refractivity contribution in [1.29, 1.82) is 0 Å². The van der Waals surface area contributed by atoms with Gasteiger partial charge in [-0.3, -0.25) is 0 Å². The van der Waals surface area contributed by atoms with E-state index in [0.29, 0.717) is 0 Å². The van der Waals surface area contributed by atoms with Crippen LogP contribution in [0.4, 0.5) is 0 Å². The van der Waals surface area contributed by atoms with Crippen molar-refractivity contribution in [2.24, 2.45) is 0 Å². The van der Waals surface area contributed by atoms with Crippen molar-refractivity contribution in [2.75, 3.05) is 5.33 Å². The minimum Gasteiger partial charge on any atom is -0.136 e. The SMILES string of the molecule is CCC(=Cc1ccc(-c2ccc(Cl)cc2)s1)CBr. The van der Waals surface area contributed by atoms with E-state index in [2.05, 4.69) is 53.2 Å². The molecule has 94 valence electrons. The Bertz CT molecular complexity index is 534. The van der Waals surface area contributed by atoms with Crippen molar-refractivity contribution in [1.82, 2.24) is 0 Å². The van der Waals surface area contributed by atoms with E-state index in [1.807, 2.05) is 23.5 Å². The molecule has 0 spiro atoms. The molecule has 0 aliphatic carbocycles. The highest BCUT2D eigenvalue weighted by molar-refractivity contribution is 9.09. The topological polar surface area (TPSA) is 0 Å². The smallest absolute Gasteiger partial charge is 0.0406 e. The molecule has 0 nitrogen and oxygen atoms in total. The van der Waals surface area contributed by atoms with Gasteiger partial charge in [0.25, 0.3) is 0 Å². The summed E-state index contributed by atoms with van der Waals surface area (Å²) in [6, 6.07) is 12.3. The van der Waals surface area contributed by atoms with E-state index in [1.54, 1.807) is 0 Å². The second-order valence-electron chi connectivity index (χ2n) is 4.00. The van der Waals surface area contributed by atoms with E-state index >= 15 is 0 Å². The van der Waals surface area contributed by atoms with E-state index in [0.717, 1.165) is 16.8 Å². The summed E-state index contributed by atoms with van der Waals surface area (Å²) in [6.07, 6.45) is 3.35. The molecular formula is C15H14BrClS. The van der Waals surface area contributed by atoms with Crippen LogP contribution in [0.5, 0.6) is 0 Å². The van der Waals surface area contributed by atoms with Gasteiger partial charge in [0.15, 0.2) is 0 Å². The van der Waals surface area contributed by atoms with Crippen LogP contribution in [0.25, 0.3) is 16.5 Å². The van der Waals surface area contributed by atoms with Crippen LogP contribution in [-0.2, 0) is 0 Å². The zero-order chi connectivity index (χ0) is 13.0. The van der Waals surface area contributed by atoms with Gasteiger partial charge in [-0.2, -0.15) is 0 Å². The summed E-state index contributed by atoms with van der Waals surface area (Å²) in [5, 5.41) is 1.72. The maximum absolute atomic E-state index is 5.90. The third-order valence-corrected chi connectivity index (χ3v) is 4.78. The lowest BCUT2D eigenvalue weighted by Crippen LogP contribution is -1.79. The third kappa shape index (κ3) is 3.47. The van der Waals surface area contributed by atoms with Gasteiger partial charge in [0, 0.05) is 20.1 Å². The summed E-state index contributed by atoms with van der Waals surface area (Å²) in [6.45, 7) is 2.18. The number of hydrogen-bond acceptors (Lipinski definition) is 1.